The summed E-state index contributed by atoms with van der Waals surface area (Å²) in [4.78, 5) is 25.6. The maximum absolute atomic E-state index is 12.5. The summed E-state index contributed by atoms with van der Waals surface area (Å²) in [5, 5.41) is 0. The number of aromatic nitrogens is 2. The molecule has 0 fully saturated rings. The minimum absolute atomic E-state index is 0.122. The van der Waals surface area contributed by atoms with Crippen molar-refractivity contribution >= 4 is 34.0 Å². The number of nitrogens with one attached hydrogen (secondary N) is 1. The van der Waals surface area contributed by atoms with E-state index in [9.17, 15) is 4.79 Å². The fourth-order valence-corrected chi connectivity index (χ4v) is 2.97. The van der Waals surface area contributed by atoms with Crippen LogP contribution in [0.5, 0.6) is 0 Å². The van der Waals surface area contributed by atoms with E-state index in [2.05, 4.69) is 15.0 Å². The van der Waals surface area contributed by atoms with E-state index in [0.717, 1.165) is 15.9 Å². The van der Waals surface area contributed by atoms with E-state index in [4.69, 9.17) is 5.73 Å². The normalized spacial score (nSPS) is 12.2. The summed E-state index contributed by atoms with van der Waals surface area (Å²) in [5.74, 6) is 0.669. The van der Waals surface area contributed by atoms with Crippen LogP contribution in [0.4, 0.5) is 0 Å². The van der Waals surface area contributed by atoms with Crippen molar-refractivity contribution in [3.63, 3.8) is 0 Å². The first-order valence-electron chi connectivity index (χ1n) is 6.97. The van der Waals surface area contributed by atoms with E-state index in [-0.39, 0.29) is 11.8 Å². The molecule has 0 saturated carbocycles. The van der Waals surface area contributed by atoms with Gasteiger partial charge in [0, 0.05) is 6.04 Å². The molecule has 0 unspecified atom stereocenters. The highest BCUT2D eigenvalue weighted by Gasteiger charge is 2.17. The van der Waals surface area contributed by atoms with Gasteiger partial charge in [0.15, 0.2) is 5.82 Å². The molecule has 6 heteroatoms. The highest BCUT2D eigenvalue weighted by molar-refractivity contribution is 7.16. The monoisotopic (exact) mass is 312 g/mol. The molecule has 112 valence electrons. The number of imidazole rings is 1. The molecule has 0 aliphatic carbocycles. The number of H-pyrrole nitrogens is 1. The SMILES string of the molecule is CC(C)N=C(N)c1ccc(C(=O)c2nc3ccccc3[nH]2)s1. The van der Waals surface area contributed by atoms with Gasteiger partial charge in [-0.1, -0.05) is 12.1 Å². The molecular formula is C16H16N4OS. The average molecular weight is 312 g/mol. The first-order valence-corrected chi connectivity index (χ1v) is 7.79. The van der Waals surface area contributed by atoms with Crippen LogP contribution in [0, 0.1) is 0 Å². The van der Waals surface area contributed by atoms with Gasteiger partial charge in [0.25, 0.3) is 0 Å². The average Bonchev–Trinajstić information content (AvgIpc) is 3.12. The van der Waals surface area contributed by atoms with Crippen LogP contribution >= 0.6 is 11.3 Å². The molecule has 0 aliphatic rings. The molecule has 0 radical (unpaired) electrons. The highest BCUT2D eigenvalue weighted by Crippen LogP contribution is 2.20. The number of hydrogen-bond acceptors (Lipinski definition) is 4. The Kier molecular flexibility index (Phi) is 3.77. The standard InChI is InChI=1S/C16H16N4OS/c1-9(2)18-15(17)13-8-7-12(22-13)14(21)16-19-10-5-3-4-6-11(10)20-16/h3-9H,1-2H3,(H2,17,18)(H,19,20). The molecule has 0 amide bonds. The van der Waals surface area contributed by atoms with Crippen molar-refractivity contribution in [1.82, 2.24) is 9.97 Å². The molecule has 1 aromatic carbocycles. The molecule has 3 rings (SSSR count). The predicted molar refractivity (Wildman–Crippen MR) is 89.7 cm³/mol. The third-order valence-electron chi connectivity index (χ3n) is 3.08. The lowest BCUT2D eigenvalue weighted by molar-refractivity contribution is 0.103. The summed E-state index contributed by atoms with van der Waals surface area (Å²) in [6, 6.07) is 11.3. The number of benzene rings is 1. The molecule has 0 bridgehead atoms. The third-order valence-corrected chi connectivity index (χ3v) is 4.19. The quantitative estimate of drug-likeness (QED) is 0.441. The van der Waals surface area contributed by atoms with Gasteiger partial charge in [-0.05, 0) is 38.1 Å². The number of aromatic amines is 1. The van der Waals surface area contributed by atoms with Gasteiger partial charge < -0.3 is 10.7 Å². The molecule has 2 heterocycles. The Balaban J connectivity index is 1.91. The van der Waals surface area contributed by atoms with Crippen LogP contribution in [0.2, 0.25) is 0 Å². The Morgan fingerprint density at radius 2 is 1.95 bits per heavy atom. The number of ketones is 1. The van der Waals surface area contributed by atoms with Gasteiger partial charge in [-0.15, -0.1) is 11.3 Å². The predicted octanol–water partition coefficient (Wildman–Crippen LogP) is 2.97. The smallest absolute Gasteiger partial charge is 0.238 e. The second-order valence-electron chi connectivity index (χ2n) is 5.20. The summed E-state index contributed by atoms with van der Waals surface area (Å²) >= 11 is 1.33. The zero-order chi connectivity index (χ0) is 15.7. The van der Waals surface area contributed by atoms with Crippen molar-refractivity contribution < 1.29 is 4.79 Å². The Morgan fingerprint density at radius 1 is 1.23 bits per heavy atom. The van der Waals surface area contributed by atoms with Crippen LogP contribution in [0.15, 0.2) is 41.4 Å². The van der Waals surface area contributed by atoms with Gasteiger partial charge >= 0.3 is 0 Å². The minimum atomic E-state index is -0.134. The molecule has 0 atom stereocenters. The molecule has 22 heavy (non-hydrogen) atoms. The van der Waals surface area contributed by atoms with Crippen LogP contribution in [0.25, 0.3) is 11.0 Å². The number of carbonyl (C=O) groups excluding carboxylic acids is 1. The summed E-state index contributed by atoms with van der Waals surface area (Å²) in [6.07, 6.45) is 0. The fraction of sp³-hybridized carbons (Fsp3) is 0.188. The molecule has 5 nitrogen and oxygen atoms in total. The second-order valence-corrected chi connectivity index (χ2v) is 6.29. The van der Waals surface area contributed by atoms with E-state index in [0.29, 0.717) is 16.5 Å². The van der Waals surface area contributed by atoms with Crippen LogP contribution in [0.1, 0.15) is 34.2 Å². The third kappa shape index (κ3) is 2.78. The van der Waals surface area contributed by atoms with E-state index in [1.807, 2.05) is 44.2 Å². The Hall–Kier alpha value is -2.47. The number of amidine groups is 1. The largest absolute Gasteiger partial charge is 0.383 e. The van der Waals surface area contributed by atoms with Gasteiger partial charge in [-0.2, -0.15) is 0 Å². The number of thiophene rings is 1. The Morgan fingerprint density at radius 3 is 2.68 bits per heavy atom. The molecule has 3 N–H and O–H groups in total. The van der Waals surface area contributed by atoms with Crippen molar-refractivity contribution in [1.29, 1.82) is 0 Å². The molecular weight excluding hydrogens is 296 g/mol. The minimum Gasteiger partial charge on any atom is -0.383 e. The van der Waals surface area contributed by atoms with Crippen molar-refractivity contribution in [2.24, 2.45) is 10.7 Å². The van der Waals surface area contributed by atoms with Crippen molar-refractivity contribution in [2.75, 3.05) is 0 Å². The maximum atomic E-state index is 12.5. The molecule has 0 aliphatic heterocycles. The lowest BCUT2D eigenvalue weighted by Gasteiger charge is -1.99. The van der Waals surface area contributed by atoms with Gasteiger partial charge in [0.1, 0.15) is 5.84 Å². The zero-order valence-corrected chi connectivity index (χ0v) is 13.1. The van der Waals surface area contributed by atoms with Crippen LogP contribution in [-0.2, 0) is 0 Å². The zero-order valence-electron chi connectivity index (χ0n) is 12.3. The van der Waals surface area contributed by atoms with Gasteiger partial charge in [0.05, 0.1) is 20.8 Å². The summed E-state index contributed by atoms with van der Waals surface area (Å²) in [7, 11) is 0. The van der Waals surface area contributed by atoms with Crippen LogP contribution in [-0.4, -0.2) is 27.6 Å². The number of nitrogens with zero attached hydrogens (tertiary/aromatic N) is 2. The van der Waals surface area contributed by atoms with Crippen molar-refractivity contribution in [3.05, 3.63) is 52.0 Å². The van der Waals surface area contributed by atoms with Gasteiger partial charge in [-0.3, -0.25) is 9.79 Å². The highest BCUT2D eigenvalue weighted by atomic mass is 32.1. The van der Waals surface area contributed by atoms with E-state index in [1.165, 1.54) is 11.3 Å². The van der Waals surface area contributed by atoms with Crippen molar-refractivity contribution in [2.45, 2.75) is 19.9 Å². The van der Waals surface area contributed by atoms with Crippen LogP contribution in [0.3, 0.4) is 0 Å². The lowest BCUT2D eigenvalue weighted by Crippen LogP contribution is -2.13. The Bertz CT molecular complexity index is 827. The fourth-order valence-electron chi connectivity index (χ4n) is 2.12. The van der Waals surface area contributed by atoms with E-state index >= 15 is 0 Å². The van der Waals surface area contributed by atoms with Crippen LogP contribution < -0.4 is 5.73 Å². The number of aliphatic imine (C=N–C) groups is 1. The molecule has 3 aromatic rings. The number of carbonyl (C=O) groups is 1. The molecule has 2 aromatic heterocycles. The first-order chi connectivity index (χ1) is 10.5. The molecule has 0 spiro atoms. The Labute approximate surface area is 131 Å². The second kappa shape index (κ2) is 5.73. The van der Waals surface area contributed by atoms with Gasteiger partial charge in [0.2, 0.25) is 5.78 Å². The molecule has 0 saturated heterocycles. The first kappa shape index (κ1) is 14.5. The van der Waals surface area contributed by atoms with Crippen molar-refractivity contribution in [3.8, 4) is 0 Å². The summed E-state index contributed by atoms with van der Waals surface area (Å²) in [5.41, 5.74) is 7.57. The van der Waals surface area contributed by atoms with Gasteiger partial charge in [-0.25, -0.2) is 4.98 Å². The topological polar surface area (TPSA) is 84.1 Å². The number of hydrogen-bond donors (Lipinski definition) is 2. The summed E-state index contributed by atoms with van der Waals surface area (Å²) < 4.78 is 0. The van der Waals surface area contributed by atoms with E-state index in [1.54, 1.807) is 6.07 Å². The number of rotatable bonds is 4. The number of nitrogens with two attached hydrogens (primary N) is 1. The number of para-hydroxylation sites is 2. The van der Waals surface area contributed by atoms with E-state index < -0.39 is 0 Å². The lowest BCUT2D eigenvalue weighted by atomic mass is 10.3. The number of fused-ring (bicyclic) bond motifs is 1. The summed E-state index contributed by atoms with van der Waals surface area (Å²) in [6.45, 7) is 3.92. The maximum Gasteiger partial charge on any atom is 0.238 e.